The van der Waals surface area contributed by atoms with E-state index in [1.165, 1.54) is 0 Å². The van der Waals surface area contributed by atoms with Gasteiger partial charge in [-0.1, -0.05) is 29.8 Å². The van der Waals surface area contributed by atoms with Gasteiger partial charge in [0.2, 0.25) is 0 Å². The van der Waals surface area contributed by atoms with Crippen LogP contribution in [-0.2, 0) is 11.3 Å². The van der Waals surface area contributed by atoms with Crippen molar-refractivity contribution >= 4 is 16.8 Å². The summed E-state index contributed by atoms with van der Waals surface area (Å²) in [5.41, 5.74) is 1.53. The molecule has 0 aliphatic rings. The van der Waals surface area contributed by atoms with Crippen LogP contribution in [0.25, 0.3) is 10.9 Å². The highest BCUT2D eigenvalue weighted by Gasteiger charge is 2.25. The Morgan fingerprint density at radius 3 is 2.46 bits per heavy atom. The van der Waals surface area contributed by atoms with Gasteiger partial charge in [-0.25, -0.2) is 4.98 Å². The first kappa shape index (κ1) is 19.6. The Balaban J connectivity index is 1.80. The number of para-hydroxylation sites is 1. The average Bonchev–Trinajstić information content (AvgIpc) is 2.67. The first-order chi connectivity index (χ1) is 13.3. The van der Waals surface area contributed by atoms with E-state index in [1.807, 2.05) is 51.1 Å². The number of nitrogens with zero attached hydrogens (tertiary/aromatic N) is 2. The van der Waals surface area contributed by atoms with Crippen LogP contribution in [0.2, 0.25) is 0 Å². The van der Waals surface area contributed by atoms with E-state index in [-0.39, 0.29) is 24.1 Å². The summed E-state index contributed by atoms with van der Waals surface area (Å²) >= 11 is 0. The number of aryl methyl sites for hydroxylation is 1. The number of nitrogens with one attached hydrogen (secondary N) is 1. The molecule has 0 unspecified atom stereocenters. The number of rotatable bonds is 6. The number of fused-ring (bicyclic) bond motifs is 1. The van der Waals surface area contributed by atoms with Gasteiger partial charge in [0.05, 0.1) is 17.4 Å². The van der Waals surface area contributed by atoms with Gasteiger partial charge in [0.15, 0.2) is 6.10 Å². The van der Waals surface area contributed by atoms with Gasteiger partial charge in [0.25, 0.3) is 11.5 Å². The van der Waals surface area contributed by atoms with Crippen molar-refractivity contribution < 1.29 is 9.53 Å². The highest BCUT2D eigenvalue weighted by atomic mass is 16.5. The van der Waals surface area contributed by atoms with Crippen molar-refractivity contribution in [2.45, 2.75) is 46.4 Å². The second-order valence-corrected chi connectivity index (χ2v) is 7.16. The van der Waals surface area contributed by atoms with E-state index in [0.29, 0.717) is 22.5 Å². The normalized spacial score (nSPS) is 12.2. The third kappa shape index (κ3) is 4.39. The number of aromatic nitrogens is 2. The number of hydrogen-bond acceptors (Lipinski definition) is 4. The number of ether oxygens (including phenoxy) is 1. The van der Waals surface area contributed by atoms with Crippen molar-refractivity contribution in [2.24, 2.45) is 0 Å². The van der Waals surface area contributed by atoms with Crippen molar-refractivity contribution in [3.8, 4) is 5.75 Å². The number of benzene rings is 2. The smallest absolute Gasteiger partial charge is 0.263 e. The molecule has 1 amide bonds. The third-order valence-corrected chi connectivity index (χ3v) is 4.57. The van der Waals surface area contributed by atoms with Crippen LogP contribution < -0.4 is 10.3 Å². The zero-order valence-corrected chi connectivity index (χ0v) is 16.6. The maximum Gasteiger partial charge on any atom is 0.263 e. The molecule has 0 saturated carbocycles. The molecule has 0 aliphatic carbocycles. The zero-order valence-electron chi connectivity index (χ0n) is 16.6. The van der Waals surface area contributed by atoms with E-state index in [1.54, 1.807) is 30.0 Å². The van der Waals surface area contributed by atoms with E-state index in [4.69, 9.17) is 4.74 Å². The van der Waals surface area contributed by atoms with Gasteiger partial charge in [-0.05, 0) is 52.0 Å². The van der Waals surface area contributed by atoms with Gasteiger partial charge in [0, 0.05) is 6.04 Å². The van der Waals surface area contributed by atoms with Crippen molar-refractivity contribution in [1.82, 2.24) is 14.9 Å². The summed E-state index contributed by atoms with van der Waals surface area (Å²) in [6.07, 6.45) is -0.655. The average molecular weight is 379 g/mol. The van der Waals surface area contributed by atoms with Crippen molar-refractivity contribution in [2.75, 3.05) is 0 Å². The fourth-order valence-electron chi connectivity index (χ4n) is 2.99. The molecule has 2 aromatic carbocycles. The largest absolute Gasteiger partial charge is 0.481 e. The van der Waals surface area contributed by atoms with Gasteiger partial charge < -0.3 is 14.6 Å². The number of amides is 1. The maximum absolute atomic E-state index is 13.0. The van der Waals surface area contributed by atoms with E-state index < -0.39 is 6.10 Å². The summed E-state index contributed by atoms with van der Waals surface area (Å²) in [7, 11) is 0. The molecule has 0 radical (unpaired) electrons. The fourth-order valence-corrected chi connectivity index (χ4v) is 2.99. The molecule has 6 heteroatoms. The molecule has 1 heterocycles. The Kier molecular flexibility index (Phi) is 5.78. The number of H-pyrrole nitrogens is 1. The van der Waals surface area contributed by atoms with Gasteiger partial charge in [0.1, 0.15) is 11.6 Å². The molecule has 0 saturated heterocycles. The summed E-state index contributed by atoms with van der Waals surface area (Å²) < 4.78 is 5.81. The standard InChI is InChI=1S/C22H25N3O3/c1-14(2)25(22(27)16(4)28-17-11-9-15(3)10-12-17)13-20-23-19-8-6-5-7-18(19)21(26)24-20/h5-12,14,16H,13H2,1-4H3,(H,23,24,26)/t16-/m1/s1. The van der Waals surface area contributed by atoms with Crippen LogP contribution in [-0.4, -0.2) is 32.9 Å². The Morgan fingerprint density at radius 1 is 1.11 bits per heavy atom. The minimum Gasteiger partial charge on any atom is -0.481 e. The van der Waals surface area contributed by atoms with Crippen molar-refractivity contribution in [3.05, 3.63) is 70.3 Å². The van der Waals surface area contributed by atoms with E-state index in [2.05, 4.69) is 9.97 Å². The summed E-state index contributed by atoms with van der Waals surface area (Å²) in [5.74, 6) is 0.937. The molecule has 3 aromatic rings. The SMILES string of the molecule is Cc1ccc(O[C@H](C)C(=O)N(Cc2nc3ccccc3c(=O)[nH]2)C(C)C)cc1. The Bertz CT molecular complexity index is 1030. The molecular formula is C22H25N3O3. The van der Waals surface area contributed by atoms with Crippen LogP contribution in [0.15, 0.2) is 53.3 Å². The predicted molar refractivity (Wildman–Crippen MR) is 109 cm³/mol. The molecule has 0 spiro atoms. The Hall–Kier alpha value is -3.15. The third-order valence-electron chi connectivity index (χ3n) is 4.57. The van der Waals surface area contributed by atoms with Crippen LogP contribution in [0.5, 0.6) is 5.75 Å². The Labute approximate surface area is 164 Å². The summed E-state index contributed by atoms with van der Waals surface area (Å²) in [6.45, 7) is 7.79. The quantitative estimate of drug-likeness (QED) is 0.712. The molecule has 146 valence electrons. The number of carbonyl (C=O) groups excluding carboxylic acids is 1. The highest BCUT2D eigenvalue weighted by molar-refractivity contribution is 5.81. The van der Waals surface area contributed by atoms with Crippen LogP contribution >= 0.6 is 0 Å². The molecule has 0 fully saturated rings. The second-order valence-electron chi connectivity index (χ2n) is 7.16. The molecule has 28 heavy (non-hydrogen) atoms. The molecule has 1 atom stereocenters. The highest BCUT2D eigenvalue weighted by Crippen LogP contribution is 2.16. The second kappa shape index (κ2) is 8.25. The fraction of sp³-hybridized carbons (Fsp3) is 0.318. The lowest BCUT2D eigenvalue weighted by Crippen LogP contribution is -2.44. The van der Waals surface area contributed by atoms with Gasteiger partial charge >= 0.3 is 0 Å². The van der Waals surface area contributed by atoms with E-state index in [9.17, 15) is 9.59 Å². The van der Waals surface area contributed by atoms with Crippen LogP contribution in [0.4, 0.5) is 0 Å². The minimum atomic E-state index is -0.655. The lowest BCUT2D eigenvalue weighted by molar-refractivity contribution is -0.140. The minimum absolute atomic E-state index is 0.0756. The molecule has 1 N–H and O–H groups in total. The lowest BCUT2D eigenvalue weighted by atomic mass is 10.2. The topological polar surface area (TPSA) is 75.3 Å². The van der Waals surface area contributed by atoms with Crippen LogP contribution in [0.1, 0.15) is 32.2 Å². The molecule has 0 aliphatic heterocycles. The molecule has 1 aromatic heterocycles. The summed E-state index contributed by atoms with van der Waals surface area (Å²) in [6, 6.07) is 14.7. The van der Waals surface area contributed by atoms with Gasteiger partial charge in [-0.15, -0.1) is 0 Å². The zero-order chi connectivity index (χ0) is 20.3. The van der Waals surface area contributed by atoms with E-state index in [0.717, 1.165) is 5.56 Å². The predicted octanol–water partition coefficient (Wildman–Crippen LogP) is 3.44. The van der Waals surface area contributed by atoms with Gasteiger partial charge in [-0.3, -0.25) is 9.59 Å². The van der Waals surface area contributed by atoms with Crippen LogP contribution in [0.3, 0.4) is 0 Å². The molecular weight excluding hydrogens is 354 g/mol. The van der Waals surface area contributed by atoms with Gasteiger partial charge in [-0.2, -0.15) is 0 Å². The first-order valence-corrected chi connectivity index (χ1v) is 9.37. The summed E-state index contributed by atoms with van der Waals surface area (Å²) in [4.78, 5) is 34.2. The molecule has 0 bridgehead atoms. The molecule has 6 nitrogen and oxygen atoms in total. The first-order valence-electron chi connectivity index (χ1n) is 9.37. The monoisotopic (exact) mass is 379 g/mol. The molecule has 3 rings (SSSR count). The maximum atomic E-state index is 13.0. The van der Waals surface area contributed by atoms with Crippen molar-refractivity contribution in [3.63, 3.8) is 0 Å². The number of aromatic amines is 1. The van der Waals surface area contributed by atoms with E-state index >= 15 is 0 Å². The summed E-state index contributed by atoms with van der Waals surface area (Å²) in [5, 5.41) is 0.532. The Morgan fingerprint density at radius 2 is 1.79 bits per heavy atom. The number of hydrogen-bond donors (Lipinski definition) is 1. The number of carbonyl (C=O) groups is 1. The van der Waals surface area contributed by atoms with Crippen LogP contribution in [0, 0.1) is 6.92 Å². The van der Waals surface area contributed by atoms with Crippen molar-refractivity contribution in [1.29, 1.82) is 0 Å². The lowest BCUT2D eigenvalue weighted by Gasteiger charge is -2.29.